The van der Waals surface area contributed by atoms with Gasteiger partial charge in [-0.15, -0.1) is 0 Å². The Morgan fingerprint density at radius 1 is 0.253 bits per heavy atom. The quantitative estimate of drug-likeness (QED) is 0.0261. The van der Waals surface area contributed by atoms with Crippen LogP contribution < -0.4 is 0 Å². The summed E-state index contributed by atoms with van der Waals surface area (Å²) in [6.07, 6.45) is 97.8. The van der Waals surface area contributed by atoms with E-state index in [0.717, 1.165) is 122 Å². The van der Waals surface area contributed by atoms with Crippen molar-refractivity contribution in [1.29, 1.82) is 0 Å². The molecular formula is C77H130O6. The van der Waals surface area contributed by atoms with Crippen LogP contribution in [0.3, 0.4) is 0 Å². The number of allylic oxidation sites excluding steroid dienone is 20. The average molecular weight is 1150 g/mol. The van der Waals surface area contributed by atoms with Gasteiger partial charge in [0.25, 0.3) is 0 Å². The van der Waals surface area contributed by atoms with E-state index >= 15 is 0 Å². The third-order valence-corrected chi connectivity index (χ3v) is 14.9. The number of unbranched alkanes of at least 4 members (excludes halogenated alkanes) is 32. The molecule has 0 aliphatic rings. The van der Waals surface area contributed by atoms with Gasteiger partial charge in [0, 0.05) is 19.3 Å². The number of ether oxygens (including phenoxy) is 3. The largest absolute Gasteiger partial charge is 0.462 e. The maximum absolute atomic E-state index is 13.0. The number of carbonyl (C=O) groups is 3. The molecule has 6 heteroatoms. The van der Waals surface area contributed by atoms with Gasteiger partial charge in [-0.25, -0.2) is 0 Å². The minimum Gasteiger partial charge on any atom is -0.462 e. The molecule has 1 unspecified atom stereocenters. The first kappa shape index (κ1) is 78.8. The number of rotatable bonds is 63. The topological polar surface area (TPSA) is 78.9 Å². The lowest BCUT2D eigenvalue weighted by molar-refractivity contribution is -0.167. The fourth-order valence-corrected chi connectivity index (χ4v) is 9.75. The molecule has 0 aliphatic heterocycles. The zero-order valence-electron chi connectivity index (χ0n) is 54.4. The average Bonchev–Trinajstić information content (AvgIpc) is 3.49. The Labute approximate surface area is 513 Å². The van der Waals surface area contributed by atoms with E-state index in [0.29, 0.717) is 19.3 Å². The Morgan fingerprint density at radius 3 is 0.747 bits per heavy atom. The van der Waals surface area contributed by atoms with E-state index in [1.807, 2.05) is 0 Å². The molecule has 474 valence electrons. The van der Waals surface area contributed by atoms with Crippen LogP contribution in [0.4, 0.5) is 0 Å². The second-order valence-electron chi connectivity index (χ2n) is 23.0. The summed E-state index contributed by atoms with van der Waals surface area (Å²) in [4.78, 5) is 38.5. The van der Waals surface area contributed by atoms with Crippen LogP contribution in [0.1, 0.15) is 329 Å². The predicted molar refractivity (Wildman–Crippen MR) is 362 cm³/mol. The molecular weight excluding hydrogens is 1020 g/mol. The highest BCUT2D eigenvalue weighted by Crippen LogP contribution is 2.17. The van der Waals surface area contributed by atoms with Gasteiger partial charge in [-0.2, -0.15) is 0 Å². The summed E-state index contributed by atoms with van der Waals surface area (Å²) in [5, 5.41) is 0. The second-order valence-corrected chi connectivity index (χ2v) is 23.0. The zero-order valence-corrected chi connectivity index (χ0v) is 54.4. The molecule has 0 radical (unpaired) electrons. The Morgan fingerprint density at radius 2 is 0.470 bits per heavy atom. The summed E-state index contributed by atoms with van der Waals surface area (Å²) < 4.78 is 17.0. The molecule has 0 amide bonds. The Hall–Kier alpha value is -4.19. The fraction of sp³-hybridized carbons (Fsp3) is 0.701. The summed E-state index contributed by atoms with van der Waals surface area (Å²) in [5.74, 6) is -0.888. The highest BCUT2D eigenvalue weighted by atomic mass is 16.6. The lowest BCUT2D eigenvalue weighted by Crippen LogP contribution is -2.30. The van der Waals surface area contributed by atoms with Crippen LogP contribution in [0.2, 0.25) is 0 Å². The molecule has 0 fully saturated rings. The van der Waals surface area contributed by atoms with Crippen molar-refractivity contribution in [2.75, 3.05) is 13.2 Å². The standard InChI is InChI=1S/C77H130O6/c1-4-7-10-13-16-19-22-25-28-30-32-34-36-37-38-39-41-42-44-46-49-52-55-58-61-64-67-70-76(79)82-73-74(72-81-75(78)69-66-63-60-57-54-51-48-27-24-21-18-15-12-9-6-3)83-77(80)71-68-65-62-59-56-53-50-47-45-43-40-35-33-31-29-26-23-20-17-14-11-8-5-2/h7-8,10-11,16-17,19-20,25-29,32-35,37-38,48,74H,4-6,9,12-15,18,21-24,30-31,36,39-47,49-73H2,1-3H3/b10-7-,11-8-,19-16-,20-17-,28-25-,29-26-,34-32-,35-33-,38-37-,48-27-. The molecule has 0 heterocycles. The molecule has 0 aromatic carbocycles. The molecule has 0 aromatic heterocycles. The maximum atomic E-state index is 13.0. The van der Waals surface area contributed by atoms with E-state index in [4.69, 9.17) is 14.2 Å². The zero-order chi connectivity index (χ0) is 59.9. The van der Waals surface area contributed by atoms with E-state index < -0.39 is 6.10 Å². The highest BCUT2D eigenvalue weighted by Gasteiger charge is 2.19. The van der Waals surface area contributed by atoms with Gasteiger partial charge in [-0.3, -0.25) is 14.4 Å². The summed E-state index contributed by atoms with van der Waals surface area (Å²) in [6, 6.07) is 0. The van der Waals surface area contributed by atoms with E-state index in [-0.39, 0.29) is 31.1 Å². The lowest BCUT2D eigenvalue weighted by atomic mass is 10.0. The van der Waals surface area contributed by atoms with E-state index in [1.54, 1.807) is 0 Å². The summed E-state index contributed by atoms with van der Waals surface area (Å²) in [7, 11) is 0. The molecule has 0 N–H and O–H groups in total. The number of hydrogen-bond acceptors (Lipinski definition) is 6. The smallest absolute Gasteiger partial charge is 0.306 e. The van der Waals surface area contributed by atoms with Crippen LogP contribution in [0, 0.1) is 0 Å². The summed E-state index contributed by atoms with van der Waals surface area (Å²) >= 11 is 0. The van der Waals surface area contributed by atoms with Gasteiger partial charge in [0.15, 0.2) is 6.10 Å². The van der Waals surface area contributed by atoms with Gasteiger partial charge in [0.05, 0.1) is 0 Å². The van der Waals surface area contributed by atoms with Gasteiger partial charge in [-0.05, 0) is 128 Å². The summed E-state index contributed by atoms with van der Waals surface area (Å²) in [6.45, 7) is 6.43. The van der Waals surface area contributed by atoms with E-state index in [1.165, 1.54) is 167 Å². The van der Waals surface area contributed by atoms with Crippen molar-refractivity contribution in [3.8, 4) is 0 Å². The van der Waals surface area contributed by atoms with Crippen molar-refractivity contribution >= 4 is 17.9 Å². The fourth-order valence-electron chi connectivity index (χ4n) is 9.75. The van der Waals surface area contributed by atoms with Gasteiger partial charge in [0.1, 0.15) is 13.2 Å². The third kappa shape index (κ3) is 68.5. The molecule has 0 spiro atoms. The second kappa shape index (κ2) is 70.3. The van der Waals surface area contributed by atoms with Crippen molar-refractivity contribution in [2.45, 2.75) is 335 Å². The van der Waals surface area contributed by atoms with E-state index in [9.17, 15) is 14.4 Å². The molecule has 0 saturated heterocycles. The molecule has 1 atom stereocenters. The van der Waals surface area contributed by atoms with Gasteiger partial charge >= 0.3 is 17.9 Å². The van der Waals surface area contributed by atoms with Crippen molar-refractivity contribution < 1.29 is 28.6 Å². The van der Waals surface area contributed by atoms with Gasteiger partial charge in [-0.1, -0.05) is 303 Å². The molecule has 0 rings (SSSR count). The lowest BCUT2D eigenvalue weighted by Gasteiger charge is -2.18. The minimum absolute atomic E-state index is 0.0843. The van der Waals surface area contributed by atoms with Crippen LogP contribution >= 0.6 is 0 Å². The molecule has 6 nitrogen and oxygen atoms in total. The summed E-state index contributed by atoms with van der Waals surface area (Å²) in [5.41, 5.74) is 0. The van der Waals surface area contributed by atoms with Crippen LogP contribution in [-0.2, 0) is 28.6 Å². The van der Waals surface area contributed by atoms with Crippen LogP contribution in [0.5, 0.6) is 0 Å². The van der Waals surface area contributed by atoms with Gasteiger partial charge in [0.2, 0.25) is 0 Å². The monoisotopic (exact) mass is 1150 g/mol. The minimum atomic E-state index is -0.790. The third-order valence-electron chi connectivity index (χ3n) is 14.9. The first-order valence-electron chi connectivity index (χ1n) is 35.0. The van der Waals surface area contributed by atoms with Crippen molar-refractivity contribution in [1.82, 2.24) is 0 Å². The van der Waals surface area contributed by atoms with E-state index in [2.05, 4.69) is 142 Å². The molecule has 0 saturated carbocycles. The molecule has 0 aromatic rings. The Kier molecular flexibility index (Phi) is 66.7. The number of carbonyl (C=O) groups excluding carboxylic acids is 3. The van der Waals surface area contributed by atoms with Crippen LogP contribution in [0.15, 0.2) is 122 Å². The van der Waals surface area contributed by atoms with Crippen molar-refractivity contribution in [2.24, 2.45) is 0 Å². The Balaban J connectivity index is 4.35. The van der Waals surface area contributed by atoms with Crippen LogP contribution in [-0.4, -0.2) is 37.2 Å². The molecule has 0 aliphatic carbocycles. The van der Waals surface area contributed by atoms with Crippen LogP contribution in [0.25, 0.3) is 0 Å². The number of esters is 3. The van der Waals surface area contributed by atoms with Crippen molar-refractivity contribution in [3.63, 3.8) is 0 Å². The van der Waals surface area contributed by atoms with Crippen molar-refractivity contribution in [3.05, 3.63) is 122 Å². The molecule has 0 bridgehead atoms. The Bertz CT molecular complexity index is 1700. The number of hydrogen-bond donors (Lipinski definition) is 0. The SMILES string of the molecule is CC/C=C\C/C=C\C/C=C\C/C=C\C/C=C\CCCCCCCCCCCCCC(=O)OCC(COC(=O)CCCCCCC/C=C\CCCCCCCC)OC(=O)CCCCCCCCCCCC/C=C\C/C=C\C/C=C\C/C=C\CC. The molecule has 83 heavy (non-hydrogen) atoms. The van der Waals surface area contributed by atoms with Gasteiger partial charge < -0.3 is 14.2 Å². The first-order chi connectivity index (χ1) is 41.0. The highest BCUT2D eigenvalue weighted by molar-refractivity contribution is 5.71. The first-order valence-corrected chi connectivity index (χ1v) is 35.0. The normalized spacial score (nSPS) is 12.9. The predicted octanol–water partition coefficient (Wildman–Crippen LogP) is 24.3. The maximum Gasteiger partial charge on any atom is 0.306 e.